The molecule has 6 heteroatoms. The monoisotopic (exact) mass is 284 g/mol. The van der Waals surface area contributed by atoms with E-state index in [0.717, 1.165) is 4.88 Å². The van der Waals surface area contributed by atoms with Gasteiger partial charge in [0.1, 0.15) is 0 Å². The van der Waals surface area contributed by atoms with Gasteiger partial charge in [0.15, 0.2) is 0 Å². The van der Waals surface area contributed by atoms with Crippen LogP contribution in [0.1, 0.15) is 34.3 Å². The standard InChI is InChI=1S/C13H20N2O3S/c1-3-10(16)6-7-14-12(17)8-15-13(18)11-5-4-9(2)19-11/h4-5,10,16H,3,6-8H2,1-2H3,(H,14,17)(H,15,18). The van der Waals surface area contributed by atoms with Gasteiger partial charge in [-0.15, -0.1) is 11.3 Å². The van der Waals surface area contributed by atoms with Crippen molar-refractivity contribution in [1.82, 2.24) is 10.6 Å². The normalized spacial score (nSPS) is 11.9. The van der Waals surface area contributed by atoms with Gasteiger partial charge in [-0.2, -0.15) is 0 Å². The summed E-state index contributed by atoms with van der Waals surface area (Å²) >= 11 is 1.40. The number of aliphatic hydroxyl groups excluding tert-OH is 1. The minimum Gasteiger partial charge on any atom is -0.393 e. The smallest absolute Gasteiger partial charge is 0.261 e. The Morgan fingerprint density at radius 1 is 1.37 bits per heavy atom. The lowest BCUT2D eigenvalue weighted by Gasteiger charge is -2.09. The summed E-state index contributed by atoms with van der Waals surface area (Å²) in [6.07, 6.45) is 0.814. The van der Waals surface area contributed by atoms with Gasteiger partial charge in [-0.3, -0.25) is 9.59 Å². The first kappa shape index (κ1) is 15.7. The average molecular weight is 284 g/mol. The molecule has 0 saturated carbocycles. The zero-order valence-corrected chi connectivity index (χ0v) is 12.0. The topological polar surface area (TPSA) is 78.4 Å². The van der Waals surface area contributed by atoms with E-state index in [1.54, 1.807) is 6.07 Å². The second-order valence-corrected chi connectivity index (χ2v) is 5.58. The summed E-state index contributed by atoms with van der Waals surface area (Å²) in [6, 6.07) is 3.61. The fourth-order valence-electron chi connectivity index (χ4n) is 1.45. The Kier molecular flexibility index (Phi) is 6.52. The molecule has 106 valence electrons. The fourth-order valence-corrected chi connectivity index (χ4v) is 2.23. The van der Waals surface area contributed by atoms with Crippen LogP contribution in [0.2, 0.25) is 0 Å². The highest BCUT2D eigenvalue weighted by molar-refractivity contribution is 7.13. The third-order valence-electron chi connectivity index (χ3n) is 2.64. The highest BCUT2D eigenvalue weighted by Gasteiger charge is 2.09. The van der Waals surface area contributed by atoms with E-state index in [4.69, 9.17) is 0 Å². The maximum atomic E-state index is 11.7. The van der Waals surface area contributed by atoms with Crippen molar-refractivity contribution in [2.24, 2.45) is 0 Å². The first-order valence-electron chi connectivity index (χ1n) is 6.32. The van der Waals surface area contributed by atoms with Crippen molar-refractivity contribution in [3.05, 3.63) is 21.9 Å². The number of amides is 2. The fraction of sp³-hybridized carbons (Fsp3) is 0.538. The summed E-state index contributed by atoms with van der Waals surface area (Å²) < 4.78 is 0. The van der Waals surface area contributed by atoms with E-state index in [9.17, 15) is 14.7 Å². The van der Waals surface area contributed by atoms with Crippen LogP contribution in [0, 0.1) is 6.92 Å². The van der Waals surface area contributed by atoms with Gasteiger partial charge in [-0.05, 0) is 31.9 Å². The maximum Gasteiger partial charge on any atom is 0.261 e. The Morgan fingerprint density at radius 3 is 2.68 bits per heavy atom. The Hall–Kier alpha value is -1.40. The maximum absolute atomic E-state index is 11.7. The molecule has 0 bridgehead atoms. The van der Waals surface area contributed by atoms with Crippen LogP contribution >= 0.6 is 11.3 Å². The van der Waals surface area contributed by atoms with Crippen LogP contribution in [0.3, 0.4) is 0 Å². The molecule has 0 radical (unpaired) electrons. The summed E-state index contributed by atoms with van der Waals surface area (Å²) in [6.45, 7) is 4.18. The van der Waals surface area contributed by atoms with E-state index in [1.165, 1.54) is 11.3 Å². The Morgan fingerprint density at radius 2 is 2.11 bits per heavy atom. The summed E-state index contributed by atoms with van der Waals surface area (Å²) in [5.74, 6) is -0.480. The number of aryl methyl sites for hydroxylation is 1. The molecule has 1 rings (SSSR count). The van der Waals surface area contributed by atoms with Crippen LogP contribution in [0.5, 0.6) is 0 Å². The number of carbonyl (C=O) groups excluding carboxylic acids is 2. The van der Waals surface area contributed by atoms with Crippen molar-refractivity contribution < 1.29 is 14.7 Å². The van der Waals surface area contributed by atoms with E-state index in [1.807, 2.05) is 19.9 Å². The lowest BCUT2D eigenvalue weighted by Crippen LogP contribution is -2.37. The third kappa shape index (κ3) is 5.85. The molecule has 3 N–H and O–H groups in total. The van der Waals surface area contributed by atoms with Crippen LogP contribution in [0.25, 0.3) is 0 Å². The largest absolute Gasteiger partial charge is 0.393 e. The van der Waals surface area contributed by atoms with Crippen molar-refractivity contribution in [3.63, 3.8) is 0 Å². The summed E-state index contributed by atoms with van der Waals surface area (Å²) in [5.41, 5.74) is 0. The number of carbonyl (C=O) groups is 2. The van der Waals surface area contributed by atoms with Crippen molar-refractivity contribution in [1.29, 1.82) is 0 Å². The molecule has 0 saturated heterocycles. The van der Waals surface area contributed by atoms with Crippen molar-refractivity contribution in [2.45, 2.75) is 32.8 Å². The number of aliphatic hydroxyl groups is 1. The Balaban J connectivity index is 2.21. The summed E-state index contributed by atoms with van der Waals surface area (Å²) in [5, 5.41) is 14.5. The first-order valence-corrected chi connectivity index (χ1v) is 7.14. The van der Waals surface area contributed by atoms with Gasteiger partial charge in [0.2, 0.25) is 5.91 Å². The van der Waals surface area contributed by atoms with Crippen LogP contribution in [-0.4, -0.2) is 36.1 Å². The third-order valence-corrected chi connectivity index (χ3v) is 3.64. The second kappa shape index (κ2) is 7.91. The van der Waals surface area contributed by atoms with Gasteiger partial charge in [-0.25, -0.2) is 0 Å². The molecule has 1 unspecified atom stereocenters. The number of thiophene rings is 1. The molecule has 0 aliphatic heterocycles. The van der Waals surface area contributed by atoms with Gasteiger partial charge < -0.3 is 15.7 Å². The zero-order valence-electron chi connectivity index (χ0n) is 11.2. The molecular formula is C13H20N2O3S. The van der Waals surface area contributed by atoms with E-state index in [0.29, 0.717) is 24.3 Å². The molecule has 5 nitrogen and oxygen atoms in total. The van der Waals surface area contributed by atoms with Crippen LogP contribution < -0.4 is 10.6 Å². The molecule has 1 aromatic heterocycles. The van der Waals surface area contributed by atoms with Gasteiger partial charge in [0, 0.05) is 11.4 Å². The van der Waals surface area contributed by atoms with Crippen LogP contribution in [0.4, 0.5) is 0 Å². The van der Waals surface area contributed by atoms with E-state index in [-0.39, 0.29) is 24.5 Å². The lowest BCUT2D eigenvalue weighted by molar-refractivity contribution is -0.120. The van der Waals surface area contributed by atoms with Crippen LogP contribution in [-0.2, 0) is 4.79 Å². The molecule has 1 aromatic rings. The number of rotatable bonds is 7. The molecule has 1 heterocycles. The quantitative estimate of drug-likeness (QED) is 0.700. The molecule has 0 fully saturated rings. The van der Waals surface area contributed by atoms with E-state index >= 15 is 0 Å². The van der Waals surface area contributed by atoms with Gasteiger partial charge in [0.25, 0.3) is 5.91 Å². The van der Waals surface area contributed by atoms with Gasteiger partial charge in [-0.1, -0.05) is 6.92 Å². The van der Waals surface area contributed by atoms with Crippen molar-refractivity contribution in [2.75, 3.05) is 13.1 Å². The van der Waals surface area contributed by atoms with Crippen molar-refractivity contribution in [3.8, 4) is 0 Å². The first-order chi connectivity index (χ1) is 9.02. The number of hydrogen-bond donors (Lipinski definition) is 3. The van der Waals surface area contributed by atoms with E-state index in [2.05, 4.69) is 10.6 Å². The van der Waals surface area contributed by atoms with E-state index < -0.39 is 0 Å². The molecule has 0 aliphatic rings. The molecule has 0 spiro atoms. The highest BCUT2D eigenvalue weighted by Crippen LogP contribution is 2.14. The molecule has 0 aliphatic carbocycles. The minimum absolute atomic E-state index is 0.0436. The Bertz CT molecular complexity index is 431. The van der Waals surface area contributed by atoms with Gasteiger partial charge >= 0.3 is 0 Å². The molecule has 1 atom stereocenters. The summed E-state index contributed by atoms with van der Waals surface area (Å²) in [7, 11) is 0. The predicted molar refractivity (Wildman–Crippen MR) is 75.3 cm³/mol. The number of nitrogens with one attached hydrogen (secondary N) is 2. The van der Waals surface area contributed by atoms with Crippen LogP contribution in [0.15, 0.2) is 12.1 Å². The number of hydrogen-bond acceptors (Lipinski definition) is 4. The molecule has 2 amide bonds. The second-order valence-electron chi connectivity index (χ2n) is 4.29. The van der Waals surface area contributed by atoms with Crippen molar-refractivity contribution >= 4 is 23.2 Å². The zero-order chi connectivity index (χ0) is 14.3. The van der Waals surface area contributed by atoms with Gasteiger partial charge in [0.05, 0.1) is 17.5 Å². The SMILES string of the molecule is CCC(O)CCNC(=O)CNC(=O)c1ccc(C)s1. The highest BCUT2D eigenvalue weighted by atomic mass is 32.1. The lowest BCUT2D eigenvalue weighted by atomic mass is 10.2. The molecular weight excluding hydrogens is 264 g/mol. The minimum atomic E-state index is -0.385. The molecule has 0 aromatic carbocycles. The molecule has 19 heavy (non-hydrogen) atoms. The predicted octanol–water partition coefficient (Wildman–Crippen LogP) is 1.06. The Labute approximate surface area is 117 Å². The average Bonchev–Trinajstić information content (AvgIpc) is 2.82. The summed E-state index contributed by atoms with van der Waals surface area (Å²) in [4.78, 5) is 24.8.